The van der Waals surface area contributed by atoms with E-state index in [0.717, 1.165) is 49.0 Å². The fraction of sp³-hybridized carbons (Fsp3) is 0.556. The zero-order valence-electron chi connectivity index (χ0n) is 13.4. The van der Waals surface area contributed by atoms with Gasteiger partial charge in [-0.2, -0.15) is 5.26 Å². The van der Waals surface area contributed by atoms with E-state index in [0.29, 0.717) is 6.61 Å². The third kappa shape index (κ3) is 4.49. The van der Waals surface area contributed by atoms with Crippen molar-refractivity contribution in [3.63, 3.8) is 0 Å². The summed E-state index contributed by atoms with van der Waals surface area (Å²) in [5.74, 6) is 0.686. The number of hydrogen-bond donors (Lipinski definition) is 1. The Morgan fingerprint density at radius 3 is 2.45 bits per heavy atom. The van der Waals surface area contributed by atoms with Crippen molar-refractivity contribution in [2.45, 2.75) is 57.9 Å². The molecule has 0 radical (unpaired) electrons. The summed E-state index contributed by atoms with van der Waals surface area (Å²) in [4.78, 5) is 12.1. The van der Waals surface area contributed by atoms with Gasteiger partial charge in [0, 0.05) is 0 Å². The summed E-state index contributed by atoms with van der Waals surface area (Å²) in [5, 5.41) is 12.3. The van der Waals surface area contributed by atoms with E-state index >= 15 is 0 Å². The van der Waals surface area contributed by atoms with E-state index < -0.39 is 5.54 Å². The third-order valence-corrected chi connectivity index (χ3v) is 4.09. The van der Waals surface area contributed by atoms with Crippen LogP contribution in [0.1, 0.15) is 49.7 Å². The Bertz CT molecular complexity index is 549. The highest BCUT2D eigenvalue weighted by Crippen LogP contribution is 2.27. The van der Waals surface area contributed by atoms with Gasteiger partial charge in [0.2, 0.25) is 5.91 Å². The Hall–Kier alpha value is -2.02. The first-order chi connectivity index (χ1) is 10.5. The van der Waals surface area contributed by atoms with Crippen molar-refractivity contribution in [2.24, 2.45) is 0 Å². The molecule has 1 saturated carbocycles. The van der Waals surface area contributed by atoms with Crippen molar-refractivity contribution in [2.75, 3.05) is 6.61 Å². The number of rotatable bonds is 5. The van der Waals surface area contributed by atoms with Crippen LogP contribution in [0, 0.1) is 25.2 Å². The molecule has 4 nitrogen and oxygen atoms in total. The van der Waals surface area contributed by atoms with Crippen molar-refractivity contribution in [1.82, 2.24) is 5.32 Å². The number of benzene rings is 1. The molecule has 1 aliphatic rings. The van der Waals surface area contributed by atoms with Gasteiger partial charge in [0.1, 0.15) is 11.3 Å². The fourth-order valence-electron chi connectivity index (χ4n) is 3.03. The first-order valence-corrected chi connectivity index (χ1v) is 7.96. The number of nitriles is 1. The highest BCUT2D eigenvalue weighted by atomic mass is 16.5. The summed E-state index contributed by atoms with van der Waals surface area (Å²) in [6.45, 7) is 4.37. The molecular weight excluding hydrogens is 276 g/mol. The smallest absolute Gasteiger partial charge is 0.224 e. The Kier molecular flexibility index (Phi) is 5.43. The Morgan fingerprint density at radius 2 is 1.86 bits per heavy atom. The van der Waals surface area contributed by atoms with Gasteiger partial charge in [-0.3, -0.25) is 4.79 Å². The SMILES string of the molecule is Cc1cc(C)cc(OCCC(=O)NC2(C#N)CCCCC2)c1. The second-order valence-electron chi connectivity index (χ2n) is 6.22. The summed E-state index contributed by atoms with van der Waals surface area (Å²) < 4.78 is 5.65. The fourth-order valence-corrected chi connectivity index (χ4v) is 3.03. The zero-order chi connectivity index (χ0) is 16.0. The van der Waals surface area contributed by atoms with Crippen LogP contribution in [-0.4, -0.2) is 18.1 Å². The lowest BCUT2D eigenvalue weighted by Crippen LogP contribution is -2.48. The van der Waals surface area contributed by atoms with Gasteiger partial charge in [0.15, 0.2) is 0 Å². The van der Waals surface area contributed by atoms with E-state index in [-0.39, 0.29) is 12.3 Å². The summed E-state index contributed by atoms with van der Waals surface area (Å²) >= 11 is 0. The van der Waals surface area contributed by atoms with E-state index in [9.17, 15) is 10.1 Å². The van der Waals surface area contributed by atoms with Gasteiger partial charge in [-0.05, 0) is 49.9 Å². The lowest BCUT2D eigenvalue weighted by Gasteiger charge is -2.31. The molecule has 22 heavy (non-hydrogen) atoms. The van der Waals surface area contributed by atoms with Crippen LogP contribution in [0.15, 0.2) is 18.2 Å². The van der Waals surface area contributed by atoms with Crippen LogP contribution in [0.4, 0.5) is 0 Å². The molecular formula is C18H24N2O2. The molecule has 1 aliphatic carbocycles. The van der Waals surface area contributed by atoms with Crippen molar-refractivity contribution in [3.05, 3.63) is 29.3 Å². The summed E-state index contributed by atoms with van der Waals surface area (Å²) in [6, 6.07) is 8.30. The Balaban J connectivity index is 1.81. The number of carbonyl (C=O) groups is 1. The Morgan fingerprint density at radius 1 is 1.23 bits per heavy atom. The van der Waals surface area contributed by atoms with Crippen LogP contribution in [0.25, 0.3) is 0 Å². The van der Waals surface area contributed by atoms with E-state index in [2.05, 4.69) is 17.5 Å². The van der Waals surface area contributed by atoms with Gasteiger partial charge in [0.25, 0.3) is 0 Å². The first kappa shape index (κ1) is 16.4. The van der Waals surface area contributed by atoms with Gasteiger partial charge in [-0.1, -0.05) is 25.3 Å². The Labute approximate surface area is 132 Å². The number of ether oxygens (including phenoxy) is 1. The average Bonchev–Trinajstić information content (AvgIpc) is 2.47. The molecule has 0 bridgehead atoms. The number of nitrogens with zero attached hydrogens (tertiary/aromatic N) is 1. The minimum Gasteiger partial charge on any atom is -0.493 e. The van der Waals surface area contributed by atoms with Gasteiger partial charge in [-0.15, -0.1) is 0 Å². The molecule has 1 fully saturated rings. The summed E-state index contributed by atoms with van der Waals surface area (Å²) in [5.41, 5.74) is 1.63. The van der Waals surface area contributed by atoms with Crippen molar-refractivity contribution < 1.29 is 9.53 Å². The van der Waals surface area contributed by atoms with E-state index in [1.165, 1.54) is 0 Å². The van der Waals surface area contributed by atoms with Crippen LogP contribution in [0.3, 0.4) is 0 Å². The average molecular weight is 300 g/mol. The molecule has 0 spiro atoms. The molecule has 4 heteroatoms. The summed E-state index contributed by atoms with van der Waals surface area (Å²) in [7, 11) is 0. The van der Waals surface area contributed by atoms with Gasteiger partial charge in [-0.25, -0.2) is 0 Å². The number of aryl methyl sites for hydroxylation is 2. The molecule has 2 rings (SSSR count). The van der Waals surface area contributed by atoms with E-state index in [1.54, 1.807) is 0 Å². The molecule has 0 aromatic heterocycles. The molecule has 1 aromatic rings. The highest BCUT2D eigenvalue weighted by molar-refractivity contribution is 5.77. The lowest BCUT2D eigenvalue weighted by atomic mass is 9.83. The quantitative estimate of drug-likeness (QED) is 0.906. The van der Waals surface area contributed by atoms with Gasteiger partial charge < -0.3 is 10.1 Å². The molecule has 0 atom stereocenters. The normalized spacial score (nSPS) is 16.6. The van der Waals surface area contributed by atoms with Crippen LogP contribution in [-0.2, 0) is 4.79 Å². The molecule has 118 valence electrons. The van der Waals surface area contributed by atoms with Crippen molar-refractivity contribution in [1.29, 1.82) is 5.26 Å². The van der Waals surface area contributed by atoms with Crippen LogP contribution in [0.2, 0.25) is 0 Å². The molecule has 1 aromatic carbocycles. The second kappa shape index (κ2) is 7.31. The number of nitrogens with one attached hydrogen (secondary N) is 1. The predicted molar refractivity (Wildman–Crippen MR) is 85.6 cm³/mol. The van der Waals surface area contributed by atoms with E-state index in [4.69, 9.17) is 4.74 Å². The summed E-state index contributed by atoms with van der Waals surface area (Å²) in [6.07, 6.45) is 4.95. The van der Waals surface area contributed by atoms with Crippen molar-refractivity contribution in [3.8, 4) is 11.8 Å². The minimum absolute atomic E-state index is 0.104. The topological polar surface area (TPSA) is 62.1 Å². The maximum Gasteiger partial charge on any atom is 0.224 e. The standard InChI is InChI=1S/C18H24N2O2/c1-14-10-15(2)12-16(11-14)22-9-6-17(21)20-18(13-19)7-4-3-5-8-18/h10-12H,3-9H2,1-2H3,(H,20,21). The van der Waals surface area contributed by atoms with Crippen LogP contribution >= 0.6 is 0 Å². The highest BCUT2D eigenvalue weighted by Gasteiger charge is 2.33. The zero-order valence-corrected chi connectivity index (χ0v) is 13.4. The largest absolute Gasteiger partial charge is 0.493 e. The third-order valence-electron chi connectivity index (χ3n) is 4.09. The lowest BCUT2D eigenvalue weighted by molar-refractivity contribution is -0.123. The van der Waals surface area contributed by atoms with Crippen molar-refractivity contribution >= 4 is 5.91 Å². The monoisotopic (exact) mass is 300 g/mol. The number of carbonyl (C=O) groups excluding carboxylic acids is 1. The number of amides is 1. The van der Waals surface area contributed by atoms with Gasteiger partial charge >= 0.3 is 0 Å². The number of hydrogen-bond acceptors (Lipinski definition) is 3. The van der Waals surface area contributed by atoms with Crippen LogP contribution < -0.4 is 10.1 Å². The first-order valence-electron chi connectivity index (χ1n) is 7.96. The van der Waals surface area contributed by atoms with E-state index in [1.807, 2.05) is 26.0 Å². The molecule has 0 heterocycles. The molecule has 1 amide bonds. The maximum absolute atomic E-state index is 12.1. The predicted octanol–water partition coefficient (Wildman–Crippen LogP) is 3.42. The van der Waals surface area contributed by atoms with Gasteiger partial charge in [0.05, 0.1) is 19.1 Å². The minimum atomic E-state index is -0.657. The molecule has 0 unspecified atom stereocenters. The molecule has 0 aliphatic heterocycles. The van der Waals surface area contributed by atoms with Crippen LogP contribution in [0.5, 0.6) is 5.75 Å². The maximum atomic E-state index is 12.1. The molecule has 1 N–H and O–H groups in total. The molecule has 0 saturated heterocycles. The second-order valence-corrected chi connectivity index (χ2v) is 6.22.